The Morgan fingerprint density at radius 3 is 2.77 bits per heavy atom. The molecule has 1 spiro atoms. The zero-order valence-electron chi connectivity index (χ0n) is 16.3. The van der Waals surface area contributed by atoms with Crippen LogP contribution in [-0.2, 0) is 16.1 Å². The number of aromatic nitrogens is 2. The van der Waals surface area contributed by atoms with Crippen LogP contribution in [0.15, 0.2) is 6.20 Å². The molecule has 0 aliphatic carbocycles. The molecule has 2 aliphatic rings. The average molecular weight is 362 g/mol. The first-order chi connectivity index (χ1) is 12.4. The number of ether oxygens (including phenoxy) is 1. The quantitative estimate of drug-likeness (QED) is 0.823. The van der Waals surface area contributed by atoms with E-state index in [2.05, 4.69) is 5.10 Å². The Balaban J connectivity index is 1.84. The van der Waals surface area contributed by atoms with E-state index < -0.39 is 5.60 Å². The zero-order chi connectivity index (χ0) is 18.9. The number of rotatable bonds is 3. The van der Waals surface area contributed by atoms with Crippen molar-refractivity contribution in [1.82, 2.24) is 19.6 Å². The molecule has 0 bridgehead atoms. The summed E-state index contributed by atoms with van der Waals surface area (Å²) in [5, 5.41) is 4.38. The van der Waals surface area contributed by atoms with Crippen LogP contribution in [0, 0.1) is 6.92 Å². The molecule has 2 aliphatic heterocycles. The van der Waals surface area contributed by atoms with Crippen LogP contribution in [0.25, 0.3) is 0 Å². The summed E-state index contributed by atoms with van der Waals surface area (Å²) in [4.78, 5) is 30.0. The lowest BCUT2D eigenvalue weighted by Crippen LogP contribution is -2.61. The molecule has 144 valence electrons. The van der Waals surface area contributed by atoms with Gasteiger partial charge in [-0.3, -0.25) is 14.3 Å². The molecule has 7 nitrogen and oxygen atoms in total. The standard InChI is InChI=1S/C19H30N4O3/c1-5-22-12-16(15(4)20-22)17(24)21-10-11-26-19(13-21)8-6-7-9-23(14(2)3)18(19)25/h12,14H,5-11,13H2,1-4H3. The highest BCUT2D eigenvalue weighted by atomic mass is 16.5. The second kappa shape index (κ2) is 7.39. The lowest BCUT2D eigenvalue weighted by Gasteiger charge is -2.43. The van der Waals surface area contributed by atoms with E-state index in [0.717, 1.165) is 31.6 Å². The Bertz CT molecular complexity index is 684. The average Bonchev–Trinajstić information content (AvgIpc) is 2.93. The molecule has 0 saturated carbocycles. The van der Waals surface area contributed by atoms with Crippen molar-refractivity contribution in [2.24, 2.45) is 0 Å². The molecule has 2 saturated heterocycles. The van der Waals surface area contributed by atoms with Gasteiger partial charge in [0.1, 0.15) is 0 Å². The third-order valence-corrected chi connectivity index (χ3v) is 5.48. The Morgan fingerprint density at radius 2 is 2.12 bits per heavy atom. The van der Waals surface area contributed by atoms with Crippen molar-refractivity contribution in [3.8, 4) is 0 Å². The van der Waals surface area contributed by atoms with Crippen LogP contribution in [0.3, 0.4) is 0 Å². The number of hydrogen-bond acceptors (Lipinski definition) is 4. The number of morpholine rings is 1. The summed E-state index contributed by atoms with van der Waals surface area (Å²) in [5.41, 5.74) is 0.447. The van der Waals surface area contributed by atoms with Gasteiger partial charge < -0.3 is 14.5 Å². The van der Waals surface area contributed by atoms with Gasteiger partial charge in [-0.2, -0.15) is 5.10 Å². The van der Waals surface area contributed by atoms with Gasteiger partial charge in [0.15, 0.2) is 5.60 Å². The van der Waals surface area contributed by atoms with Crippen LogP contribution in [-0.4, -0.2) is 69.3 Å². The molecule has 0 aromatic carbocycles. The maximum Gasteiger partial charge on any atom is 0.257 e. The normalized spacial score (nSPS) is 24.4. The van der Waals surface area contributed by atoms with Gasteiger partial charge in [0.05, 0.1) is 24.4 Å². The second-order valence-corrected chi connectivity index (χ2v) is 7.60. The van der Waals surface area contributed by atoms with E-state index >= 15 is 0 Å². The van der Waals surface area contributed by atoms with Crippen LogP contribution in [0.5, 0.6) is 0 Å². The zero-order valence-corrected chi connectivity index (χ0v) is 16.3. The number of aryl methyl sites for hydroxylation is 2. The van der Waals surface area contributed by atoms with Gasteiger partial charge in [0.25, 0.3) is 11.8 Å². The molecule has 0 N–H and O–H groups in total. The van der Waals surface area contributed by atoms with Crippen molar-refractivity contribution < 1.29 is 14.3 Å². The maximum absolute atomic E-state index is 13.2. The predicted octanol–water partition coefficient (Wildman–Crippen LogP) is 1.84. The summed E-state index contributed by atoms with van der Waals surface area (Å²) in [5.74, 6) is -0.0264. The molecule has 2 fully saturated rings. The van der Waals surface area contributed by atoms with E-state index in [1.807, 2.05) is 32.6 Å². The van der Waals surface area contributed by atoms with Crippen molar-refractivity contribution >= 4 is 11.8 Å². The molecule has 3 rings (SSSR count). The summed E-state index contributed by atoms with van der Waals surface area (Å²) in [6.45, 7) is 10.6. The number of nitrogens with zero attached hydrogens (tertiary/aromatic N) is 4. The minimum Gasteiger partial charge on any atom is -0.361 e. The second-order valence-electron chi connectivity index (χ2n) is 7.60. The number of hydrogen-bond donors (Lipinski definition) is 0. The Morgan fingerprint density at radius 1 is 1.35 bits per heavy atom. The first kappa shape index (κ1) is 18.9. The fourth-order valence-corrected chi connectivity index (χ4v) is 3.95. The van der Waals surface area contributed by atoms with E-state index in [9.17, 15) is 9.59 Å². The molecule has 0 radical (unpaired) electrons. The number of carbonyl (C=O) groups excluding carboxylic acids is 2. The topological polar surface area (TPSA) is 67.7 Å². The molecule has 1 atom stereocenters. The van der Waals surface area contributed by atoms with Gasteiger partial charge in [-0.15, -0.1) is 0 Å². The SMILES string of the molecule is CCn1cc(C(=O)N2CCOC3(CCCCN(C(C)C)C3=O)C2)c(C)n1. The van der Waals surface area contributed by atoms with Gasteiger partial charge in [-0.25, -0.2) is 0 Å². The van der Waals surface area contributed by atoms with Crippen molar-refractivity contribution in [2.75, 3.05) is 26.2 Å². The Labute approximate surface area is 155 Å². The van der Waals surface area contributed by atoms with Crippen molar-refractivity contribution in [2.45, 2.75) is 65.1 Å². The maximum atomic E-state index is 13.2. The van der Waals surface area contributed by atoms with Crippen molar-refractivity contribution in [3.63, 3.8) is 0 Å². The van der Waals surface area contributed by atoms with Crippen LogP contribution in [0.4, 0.5) is 0 Å². The monoisotopic (exact) mass is 362 g/mol. The molecular weight excluding hydrogens is 332 g/mol. The van der Waals surface area contributed by atoms with E-state index in [0.29, 0.717) is 31.7 Å². The molecule has 7 heteroatoms. The summed E-state index contributed by atoms with van der Waals surface area (Å²) >= 11 is 0. The largest absolute Gasteiger partial charge is 0.361 e. The van der Waals surface area contributed by atoms with E-state index in [-0.39, 0.29) is 17.9 Å². The predicted molar refractivity (Wildman–Crippen MR) is 97.9 cm³/mol. The van der Waals surface area contributed by atoms with Crippen LogP contribution in [0.2, 0.25) is 0 Å². The van der Waals surface area contributed by atoms with Crippen molar-refractivity contribution in [3.05, 3.63) is 17.5 Å². The summed E-state index contributed by atoms with van der Waals surface area (Å²) in [7, 11) is 0. The van der Waals surface area contributed by atoms with Crippen molar-refractivity contribution in [1.29, 1.82) is 0 Å². The van der Waals surface area contributed by atoms with Crippen LogP contribution >= 0.6 is 0 Å². The van der Waals surface area contributed by atoms with Gasteiger partial charge in [-0.05, 0) is 47.0 Å². The smallest absolute Gasteiger partial charge is 0.257 e. The van der Waals surface area contributed by atoms with E-state index in [4.69, 9.17) is 4.74 Å². The fourth-order valence-electron chi connectivity index (χ4n) is 3.95. The highest BCUT2D eigenvalue weighted by molar-refractivity contribution is 5.96. The third-order valence-electron chi connectivity index (χ3n) is 5.48. The molecule has 1 aromatic heterocycles. The van der Waals surface area contributed by atoms with Crippen LogP contribution < -0.4 is 0 Å². The molecular formula is C19H30N4O3. The van der Waals surface area contributed by atoms with Gasteiger partial charge in [-0.1, -0.05) is 0 Å². The Kier molecular flexibility index (Phi) is 5.37. The molecule has 3 heterocycles. The summed E-state index contributed by atoms with van der Waals surface area (Å²) < 4.78 is 7.82. The van der Waals surface area contributed by atoms with Gasteiger partial charge in [0.2, 0.25) is 0 Å². The highest BCUT2D eigenvalue weighted by Gasteiger charge is 2.48. The van der Waals surface area contributed by atoms with Crippen LogP contribution in [0.1, 0.15) is 56.1 Å². The van der Waals surface area contributed by atoms with E-state index in [1.54, 1.807) is 15.8 Å². The highest BCUT2D eigenvalue weighted by Crippen LogP contribution is 2.31. The number of amides is 2. The minimum absolute atomic E-state index is 0.0310. The fraction of sp³-hybridized carbons (Fsp3) is 0.737. The minimum atomic E-state index is -0.899. The molecule has 2 amide bonds. The first-order valence-corrected chi connectivity index (χ1v) is 9.66. The molecule has 26 heavy (non-hydrogen) atoms. The lowest BCUT2D eigenvalue weighted by molar-refractivity contribution is -0.169. The molecule has 1 aromatic rings. The lowest BCUT2D eigenvalue weighted by atomic mass is 9.93. The van der Waals surface area contributed by atoms with E-state index in [1.165, 1.54) is 0 Å². The first-order valence-electron chi connectivity index (χ1n) is 9.66. The number of likely N-dealkylation sites (tertiary alicyclic amines) is 1. The summed E-state index contributed by atoms with van der Waals surface area (Å²) in [6, 6.07) is 0.136. The number of carbonyl (C=O) groups is 2. The molecule has 1 unspecified atom stereocenters. The van der Waals surface area contributed by atoms with Gasteiger partial charge >= 0.3 is 0 Å². The summed E-state index contributed by atoms with van der Waals surface area (Å²) in [6.07, 6.45) is 4.39. The van der Waals surface area contributed by atoms with Gasteiger partial charge in [0, 0.05) is 31.9 Å². The third kappa shape index (κ3) is 3.37. The Hall–Kier alpha value is -1.89.